The zero-order valence-corrected chi connectivity index (χ0v) is 20.3. The highest BCUT2D eigenvalue weighted by atomic mass is 35.5. The fourth-order valence-corrected chi connectivity index (χ4v) is 4.19. The lowest BCUT2D eigenvalue weighted by atomic mass is 10.0. The molecule has 6 nitrogen and oxygen atoms in total. The summed E-state index contributed by atoms with van der Waals surface area (Å²) in [6, 6.07) is 14.0. The molecule has 190 valence electrons. The normalized spacial score (nSPS) is 13.3. The molecule has 10 heteroatoms. The van der Waals surface area contributed by atoms with Crippen molar-refractivity contribution in [2.24, 2.45) is 4.99 Å². The Bertz CT molecular complexity index is 1650. The molecule has 0 saturated carbocycles. The van der Waals surface area contributed by atoms with E-state index in [9.17, 15) is 22.8 Å². The van der Waals surface area contributed by atoms with E-state index in [2.05, 4.69) is 20.3 Å². The molecule has 1 N–H and O–H groups in total. The van der Waals surface area contributed by atoms with Crippen LogP contribution < -0.4 is 5.32 Å². The van der Waals surface area contributed by atoms with Crippen molar-refractivity contribution >= 4 is 51.8 Å². The Balaban J connectivity index is 1.38. The summed E-state index contributed by atoms with van der Waals surface area (Å²) >= 11 is 5.64. The van der Waals surface area contributed by atoms with Gasteiger partial charge in [-0.15, -0.1) is 0 Å². The van der Waals surface area contributed by atoms with Gasteiger partial charge in [-0.3, -0.25) is 19.6 Å². The third kappa shape index (κ3) is 5.33. The molecule has 2 heterocycles. The molecule has 0 fully saturated rings. The average Bonchev–Trinajstić information content (AvgIpc) is 2.92. The lowest BCUT2D eigenvalue weighted by Crippen LogP contribution is -2.14. The third-order valence-electron chi connectivity index (χ3n) is 5.87. The van der Waals surface area contributed by atoms with E-state index in [-0.39, 0.29) is 22.6 Å². The molecule has 5 rings (SSSR count). The molecule has 0 spiro atoms. The van der Waals surface area contributed by atoms with E-state index in [0.29, 0.717) is 28.4 Å². The summed E-state index contributed by atoms with van der Waals surface area (Å²) in [5.74, 6) is -1.09. The molecule has 0 unspecified atom stereocenters. The number of halogens is 4. The minimum Gasteiger partial charge on any atom is -0.322 e. The maximum Gasteiger partial charge on any atom is 0.417 e. The molecule has 3 aromatic carbocycles. The van der Waals surface area contributed by atoms with E-state index in [1.54, 1.807) is 42.7 Å². The van der Waals surface area contributed by atoms with Gasteiger partial charge in [-0.2, -0.15) is 13.2 Å². The number of nitrogens with zero attached hydrogens (tertiary/aromatic N) is 3. The summed E-state index contributed by atoms with van der Waals surface area (Å²) < 4.78 is 39.5. The number of carbonyl (C=O) groups is 2. The number of allylic oxidation sites excluding steroid dienone is 1. The predicted molar refractivity (Wildman–Crippen MR) is 140 cm³/mol. The second kappa shape index (κ2) is 10.2. The first-order valence-corrected chi connectivity index (χ1v) is 11.9. The number of aromatic nitrogens is 2. The highest BCUT2D eigenvalue weighted by molar-refractivity contribution is 6.31. The van der Waals surface area contributed by atoms with Crippen molar-refractivity contribution < 1.29 is 22.8 Å². The number of dihydropyridines is 1. The van der Waals surface area contributed by atoms with Crippen molar-refractivity contribution in [2.75, 3.05) is 11.9 Å². The number of anilines is 1. The zero-order valence-electron chi connectivity index (χ0n) is 19.6. The van der Waals surface area contributed by atoms with Crippen LogP contribution in [0.5, 0.6) is 0 Å². The van der Waals surface area contributed by atoms with E-state index < -0.39 is 22.7 Å². The second-order valence-electron chi connectivity index (χ2n) is 8.50. The molecule has 4 aromatic rings. The number of nitrogens with one attached hydrogen (secondary N) is 1. The fraction of sp³-hybridized carbons (Fsp3) is 0.107. The summed E-state index contributed by atoms with van der Waals surface area (Å²) in [7, 11) is 0. The number of hydrogen-bond acceptors (Lipinski definition) is 5. The summed E-state index contributed by atoms with van der Waals surface area (Å²) in [5, 5.41) is 2.03. The Morgan fingerprint density at radius 3 is 2.47 bits per heavy atom. The van der Waals surface area contributed by atoms with Gasteiger partial charge in [0, 0.05) is 40.7 Å². The van der Waals surface area contributed by atoms with Gasteiger partial charge in [0.2, 0.25) is 0 Å². The van der Waals surface area contributed by atoms with Crippen molar-refractivity contribution in [3.63, 3.8) is 0 Å². The highest BCUT2D eigenvalue weighted by Gasteiger charge is 2.33. The maximum atomic E-state index is 13.2. The lowest BCUT2D eigenvalue weighted by Gasteiger charge is -2.12. The van der Waals surface area contributed by atoms with Gasteiger partial charge in [-0.1, -0.05) is 29.8 Å². The molecule has 0 atom stereocenters. The molecule has 1 amide bonds. The third-order valence-corrected chi connectivity index (χ3v) is 6.20. The van der Waals surface area contributed by atoms with Crippen LogP contribution in [-0.4, -0.2) is 34.4 Å². The summed E-state index contributed by atoms with van der Waals surface area (Å²) in [6.07, 6.45) is 1.56. The molecule has 0 saturated heterocycles. The van der Waals surface area contributed by atoms with Gasteiger partial charge in [-0.25, -0.2) is 4.98 Å². The summed E-state index contributed by atoms with van der Waals surface area (Å²) in [4.78, 5) is 39.2. The predicted octanol–water partition coefficient (Wildman–Crippen LogP) is 6.64. The number of ketones is 1. The van der Waals surface area contributed by atoms with Crippen LogP contribution >= 0.6 is 11.6 Å². The minimum atomic E-state index is -4.70. The standard InChI is InChI=1S/C28H18ClF3N4O2/c29-22-8-6-18(12-21(22)28(30,31)32)27(38)35-20-5-1-3-16(11-20)26(37)17-7-9-23-24(13-17)36-25(15-34-23)19-4-2-10-33-14-19/h1,3-9,11-15H,2,10H2,(H,35,38). The molecule has 1 aromatic heterocycles. The van der Waals surface area contributed by atoms with Crippen molar-refractivity contribution in [1.82, 2.24) is 9.97 Å². The topological polar surface area (TPSA) is 84.3 Å². The van der Waals surface area contributed by atoms with E-state index in [1.165, 1.54) is 18.2 Å². The molecule has 1 aliphatic rings. The quantitative estimate of drug-likeness (QED) is 0.291. The first-order chi connectivity index (χ1) is 18.2. The first kappa shape index (κ1) is 25.3. The van der Waals surface area contributed by atoms with Gasteiger partial charge < -0.3 is 5.32 Å². The second-order valence-corrected chi connectivity index (χ2v) is 8.91. The van der Waals surface area contributed by atoms with Crippen LogP contribution in [-0.2, 0) is 6.18 Å². The number of amides is 1. The number of hydrogen-bond donors (Lipinski definition) is 1. The van der Waals surface area contributed by atoms with Gasteiger partial charge in [0.25, 0.3) is 5.91 Å². The fourth-order valence-electron chi connectivity index (χ4n) is 3.96. The van der Waals surface area contributed by atoms with Crippen LogP contribution in [0.15, 0.2) is 77.9 Å². The number of carbonyl (C=O) groups excluding carboxylic acids is 2. The number of alkyl halides is 3. The Kier molecular flexibility index (Phi) is 6.77. The van der Waals surface area contributed by atoms with Crippen molar-refractivity contribution in [3.8, 4) is 0 Å². The summed E-state index contributed by atoms with van der Waals surface area (Å²) in [6.45, 7) is 0.733. The number of benzene rings is 3. The van der Waals surface area contributed by atoms with E-state index in [1.807, 2.05) is 6.08 Å². The molecule has 0 radical (unpaired) electrons. The Morgan fingerprint density at radius 2 is 1.71 bits per heavy atom. The minimum absolute atomic E-state index is 0.222. The molecular formula is C28H18ClF3N4O2. The van der Waals surface area contributed by atoms with Crippen LogP contribution in [0.4, 0.5) is 18.9 Å². The molecule has 0 bridgehead atoms. The maximum absolute atomic E-state index is 13.2. The Labute approximate surface area is 219 Å². The number of aliphatic imine (C=N–C) groups is 1. The monoisotopic (exact) mass is 534 g/mol. The molecule has 0 aliphatic carbocycles. The molecule has 38 heavy (non-hydrogen) atoms. The largest absolute Gasteiger partial charge is 0.417 e. The number of fused-ring (bicyclic) bond motifs is 1. The van der Waals surface area contributed by atoms with Gasteiger partial charge in [0.1, 0.15) is 0 Å². The van der Waals surface area contributed by atoms with Crippen LogP contribution in [0.2, 0.25) is 5.02 Å². The smallest absolute Gasteiger partial charge is 0.322 e. The number of rotatable bonds is 5. The molecule has 1 aliphatic heterocycles. The van der Waals surface area contributed by atoms with Crippen LogP contribution in [0.25, 0.3) is 16.6 Å². The van der Waals surface area contributed by atoms with E-state index in [0.717, 1.165) is 24.6 Å². The van der Waals surface area contributed by atoms with Crippen LogP contribution in [0.1, 0.15) is 44.0 Å². The van der Waals surface area contributed by atoms with Gasteiger partial charge in [-0.05, 0) is 55.0 Å². The van der Waals surface area contributed by atoms with E-state index >= 15 is 0 Å². The van der Waals surface area contributed by atoms with Crippen molar-refractivity contribution in [1.29, 1.82) is 0 Å². The SMILES string of the molecule is O=C(Nc1cccc(C(=O)c2ccc3ncc(C4=CCCN=C4)nc3c2)c1)c1ccc(Cl)c(C(F)(F)F)c1. The van der Waals surface area contributed by atoms with Gasteiger partial charge in [0.15, 0.2) is 5.78 Å². The molecular weight excluding hydrogens is 517 g/mol. The Morgan fingerprint density at radius 1 is 0.921 bits per heavy atom. The summed E-state index contributed by atoms with van der Waals surface area (Å²) in [5.41, 5.74) is 2.26. The lowest BCUT2D eigenvalue weighted by molar-refractivity contribution is -0.137. The zero-order chi connectivity index (χ0) is 26.9. The average molecular weight is 535 g/mol. The van der Waals surface area contributed by atoms with Crippen molar-refractivity contribution in [3.05, 3.63) is 106 Å². The first-order valence-electron chi connectivity index (χ1n) is 11.5. The van der Waals surface area contributed by atoms with E-state index in [4.69, 9.17) is 11.6 Å². The Hall–Kier alpha value is -4.37. The van der Waals surface area contributed by atoms with Crippen LogP contribution in [0, 0.1) is 0 Å². The van der Waals surface area contributed by atoms with Crippen molar-refractivity contribution in [2.45, 2.75) is 12.6 Å². The highest BCUT2D eigenvalue weighted by Crippen LogP contribution is 2.35. The van der Waals surface area contributed by atoms with Crippen LogP contribution in [0.3, 0.4) is 0 Å². The van der Waals surface area contributed by atoms with Gasteiger partial charge >= 0.3 is 6.18 Å². The van der Waals surface area contributed by atoms with Gasteiger partial charge in [0.05, 0.1) is 33.5 Å².